The Kier molecular flexibility index (Phi) is 6.61. The molecule has 0 aliphatic carbocycles. The van der Waals surface area contributed by atoms with E-state index in [0.717, 1.165) is 28.8 Å². The molecule has 0 unspecified atom stereocenters. The summed E-state index contributed by atoms with van der Waals surface area (Å²) >= 11 is 0. The molecule has 0 saturated heterocycles. The second kappa shape index (κ2) is 9.59. The van der Waals surface area contributed by atoms with Crippen LogP contribution in [0.1, 0.15) is 37.0 Å². The molecule has 1 heterocycles. The van der Waals surface area contributed by atoms with Gasteiger partial charge in [-0.3, -0.25) is 9.59 Å². The maximum absolute atomic E-state index is 13.1. The number of nitrogens with zero attached hydrogens (tertiary/aromatic N) is 1. The molecule has 33 heavy (non-hydrogen) atoms. The fourth-order valence-corrected chi connectivity index (χ4v) is 4.51. The van der Waals surface area contributed by atoms with Gasteiger partial charge in [0.1, 0.15) is 0 Å². The highest BCUT2D eigenvalue weighted by atomic mass is 16.4. The monoisotopic (exact) mass is 442 g/mol. The average molecular weight is 443 g/mol. The van der Waals surface area contributed by atoms with Gasteiger partial charge in [-0.1, -0.05) is 66.7 Å². The van der Waals surface area contributed by atoms with Gasteiger partial charge in [0, 0.05) is 30.7 Å². The Balaban J connectivity index is 1.43. The summed E-state index contributed by atoms with van der Waals surface area (Å²) in [7, 11) is 0. The Morgan fingerprint density at radius 3 is 2.39 bits per heavy atom. The van der Waals surface area contributed by atoms with Crippen molar-refractivity contribution in [1.82, 2.24) is 5.32 Å². The molecule has 0 aromatic heterocycles. The van der Waals surface area contributed by atoms with E-state index in [2.05, 4.69) is 37.4 Å². The zero-order valence-electron chi connectivity index (χ0n) is 19.2. The maximum Gasteiger partial charge on any atom is 0.307 e. The second-order valence-electron chi connectivity index (χ2n) is 9.03. The Bertz CT molecular complexity index is 1140. The number of anilines is 1. The number of amides is 1. The predicted octanol–water partition coefficient (Wildman–Crippen LogP) is 4.78. The first-order valence-corrected chi connectivity index (χ1v) is 11.4. The number of aliphatic carboxylic acids is 1. The number of carbonyl (C=O) groups excluding carboxylic acids is 1. The van der Waals surface area contributed by atoms with Crippen molar-refractivity contribution in [3.63, 3.8) is 0 Å². The molecule has 1 aliphatic rings. The van der Waals surface area contributed by atoms with E-state index >= 15 is 0 Å². The van der Waals surface area contributed by atoms with Crippen LogP contribution < -0.4 is 10.2 Å². The van der Waals surface area contributed by atoms with E-state index in [1.165, 1.54) is 11.1 Å². The molecular formula is C28H30N2O3. The molecule has 2 N–H and O–H groups in total. The van der Waals surface area contributed by atoms with E-state index in [4.69, 9.17) is 5.11 Å². The minimum absolute atomic E-state index is 0.0184. The number of carboxylic acid groups (broad SMARTS) is 1. The lowest BCUT2D eigenvalue weighted by Gasteiger charge is -2.27. The molecule has 0 spiro atoms. The van der Waals surface area contributed by atoms with Crippen molar-refractivity contribution in [3.8, 4) is 11.1 Å². The van der Waals surface area contributed by atoms with Gasteiger partial charge in [-0.25, -0.2) is 0 Å². The zero-order valence-corrected chi connectivity index (χ0v) is 19.2. The van der Waals surface area contributed by atoms with Crippen LogP contribution in [-0.4, -0.2) is 30.1 Å². The molecule has 5 nitrogen and oxygen atoms in total. The first-order valence-electron chi connectivity index (χ1n) is 11.4. The Morgan fingerprint density at radius 1 is 0.970 bits per heavy atom. The molecule has 170 valence electrons. The average Bonchev–Trinajstić information content (AvgIpc) is 3.24. The summed E-state index contributed by atoms with van der Waals surface area (Å²) in [5.41, 5.74) is 6.08. The van der Waals surface area contributed by atoms with Crippen molar-refractivity contribution in [2.24, 2.45) is 0 Å². The van der Waals surface area contributed by atoms with Gasteiger partial charge in [0.15, 0.2) is 0 Å². The molecule has 1 aliphatic heterocycles. The normalized spacial score (nSPS) is 13.1. The lowest BCUT2D eigenvalue weighted by atomic mass is 9.94. The van der Waals surface area contributed by atoms with E-state index in [9.17, 15) is 9.59 Å². The van der Waals surface area contributed by atoms with Crippen LogP contribution in [0.4, 0.5) is 5.69 Å². The molecule has 1 amide bonds. The van der Waals surface area contributed by atoms with Crippen molar-refractivity contribution in [2.45, 2.75) is 38.6 Å². The molecule has 0 fully saturated rings. The standard InChI is InChI=1S/C28H30N2O3/c1-28(2,22-7-4-3-5-8-22)29-17-15-26(31)30-18-16-24-23(9-6-10-25(24)30)21-13-11-20(12-14-21)19-27(32)33/h3-14,29H,15-19H2,1-2H3,(H,32,33). The minimum atomic E-state index is -0.834. The van der Waals surface area contributed by atoms with Crippen LogP contribution in [0.3, 0.4) is 0 Å². The van der Waals surface area contributed by atoms with Crippen LogP contribution in [0, 0.1) is 0 Å². The highest BCUT2D eigenvalue weighted by molar-refractivity contribution is 5.97. The number of fused-ring (bicyclic) bond motifs is 1. The van der Waals surface area contributed by atoms with E-state index in [0.29, 0.717) is 19.5 Å². The van der Waals surface area contributed by atoms with Crippen molar-refractivity contribution in [1.29, 1.82) is 0 Å². The fraction of sp³-hybridized carbons (Fsp3) is 0.286. The number of rotatable bonds is 8. The summed E-state index contributed by atoms with van der Waals surface area (Å²) in [6, 6.07) is 24.0. The van der Waals surface area contributed by atoms with Crippen molar-refractivity contribution >= 4 is 17.6 Å². The third-order valence-corrected chi connectivity index (χ3v) is 6.35. The van der Waals surface area contributed by atoms with Gasteiger partial charge in [0.2, 0.25) is 5.91 Å². The van der Waals surface area contributed by atoms with Gasteiger partial charge in [-0.2, -0.15) is 0 Å². The highest BCUT2D eigenvalue weighted by Gasteiger charge is 2.27. The first-order chi connectivity index (χ1) is 15.8. The number of benzene rings is 3. The lowest BCUT2D eigenvalue weighted by molar-refractivity contribution is -0.136. The zero-order chi connectivity index (χ0) is 23.4. The second-order valence-corrected chi connectivity index (χ2v) is 9.03. The summed E-state index contributed by atoms with van der Waals surface area (Å²) < 4.78 is 0. The molecule has 0 bridgehead atoms. The van der Waals surface area contributed by atoms with Crippen LogP contribution in [0.15, 0.2) is 72.8 Å². The Hall–Kier alpha value is -3.44. The molecule has 3 aromatic carbocycles. The Labute approximate surface area is 195 Å². The summed E-state index contributed by atoms with van der Waals surface area (Å²) in [5, 5.41) is 12.5. The minimum Gasteiger partial charge on any atom is -0.481 e. The number of carboxylic acids is 1. The topological polar surface area (TPSA) is 69.6 Å². The fourth-order valence-electron chi connectivity index (χ4n) is 4.51. The molecule has 0 radical (unpaired) electrons. The highest BCUT2D eigenvalue weighted by Crippen LogP contribution is 2.36. The molecule has 3 aromatic rings. The molecular weight excluding hydrogens is 412 g/mol. The van der Waals surface area contributed by atoms with Gasteiger partial charge in [0.05, 0.1) is 6.42 Å². The van der Waals surface area contributed by atoms with Gasteiger partial charge >= 0.3 is 5.97 Å². The molecule has 5 heteroatoms. The summed E-state index contributed by atoms with van der Waals surface area (Å²) in [5.74, 6) is -0.710. The van der Waals surface area contributed by atoms with Crippen LogP contribution in [0.2, 0.25) is 0 Å². The first kappa shape index (κ1) is 22.7. The smallest absolute Gasteiger partial charge is 0.307 e. The maximum atomic E-state index is 13.1. The number of carbonyl (C=O) groups is 2. The van der Waals surface area contributed by atoms with Crippen LogP contribution >= 0.6 is 0 Å². The van der Waals surface area contributed by atoms with E-state index < -0.39 is 5.97 Å². The summed E-state index contributed by atoms with van der Waals surface area (Å²) in [6.45, 7) is 5.56. The predicted molar refractivity (Wildman–Crippen MR) is 131 cm³/mol. The third kappa shape index (κ3) is 5.15. The van der Waals surface area contributed by atoms with Crippen molar-refractivity contribution in [3.05, 3.63) is 89.5 Å². The molecule has 0 saturated carbocycles. The molecule has 0 atom stereocenters. The van der Waals surface area contributed by atoms with Gasteiger partial charge in [-0.05, 0) is 54.2 Å². The van der Waals surface area contributed by atoms with Crippen LogP contribution in [0.25, 0.3) is 11.1 Å². The number of hydrogen-bond donors (Lipinski definition) is 2. The quantitative estimate of drug-likeness (QED) is 0.527. The van der Waals surface area contributed by atoms with Crippen LogP contribution in [-0.2, 0) is 28.0 Å². The van der Waals surface area contributed by atoms with Crippen LogP contribution in [0.5, 0.6) is 0 Å². The number of nitrogens with one attached hydrogen (secondary N) is 1. The van der Waals surface area contributed by atoms with E-state index in [1.807, 2.05) is 59.5 Å². The van der Waals surface area contributed by atoms with Gasteiger partial charge in [0.25, 0.3) is 0 Å². The SMILES string of the molecule is CC(C)(NCCC(=O)N1CCc2c(-c3ccc(CC(=O)O)cc3)cccc21)c1ccccc1. The largest absolute Gasteiger partial charge is 0.481 e. The van der Waals surface area contributed by atoms with Gasteiger partial charge < -0.3 is 15.3 Å². The van der Waals surface area contributed by atoms with Crippen molar-refractivity contribution in [2.75, 3.05) is 18.0 Å². The van der Waals surface area contributed by atoms with E-state index in [-0.39, 0.29) is 17.9 Å². The van der Waals surface area contributed by atoms with Gasteiger partial charge in [-0.15, -0.1) is 0 Å². The van der Waals surface area contributed by atoms with E-state index in [1.54, 1.807) is 0 Å². The number of hydrogen-bond acceptors (Lipinski definition) is 3. The summed E-state index contributed by atoms with van der Waals surface area (Å²) in [6.07, 6.45) is 1.27. The Morgan fingerprint density at radius 2 is 1.70 bits per heavy atom. The molecule has 4 rings (SSSR count). The third-order valence-electron chi connectivity index (χ3n) is 6.35. The van der Waals surface area contributed by atoms with Crippen molar-refractivity contribution < 1.29 is 14.7 Å². The summed E-state index contributed by atoms with van der Waals surface area (Å²) in [4.78, 5) is 25.9. The lowest BCUT2D eigenvalue weighted by Crippen LogP contribution is -2.39.